The van der Waals surface area contributed by atoms with Gasteiger partial charge in [-0.3, -0.25) is 4.79 Å². The van der Waals surface area contributed by atoms with E-state index in [0.29, 0.717) is 12.0 Å². The Hall–Kier alpha value is -1.36. The highest BCUT2D eigenvalue weighted by Crippen LogP contribution is 2.17. The van der Waals surface area contributed by atoms with Crippen LogP contribution in [0.5, 0.6) is 0 Å². The summed E-state index contributed by atoms with van der Waals surface area (Å²) in [7, 11) is -3.97. The Morgan fingerprint density at radius 3 is 2.53 bits per heavy atom. The maximum atomic E-state index is 11.8. The first-order valence-corrected chi connectivity index (χ1v) is 6.91. The Kier molecular flexibility index (Phi) is 4.69. The third-order valence-corrected chi connectivity index (χ3v) is 3.70. The molecule has 0 bridgehead atoms. The van der Waals surface area contributed by atoms with Gasteiger partial charge in [0.1, 0.15) is 4.90 Å². The molecule has 1 aromatic carbocycles. The molecule has 0 aliphatic rings. The Bertz CT molecular complexity index is 491. The van der Waals surface area contributed by atoms with Crippen LogP contribution in [0.3, 0.4) is 0 Å². The van der Waals surface area contributed by atoms with Gasteiger partial charge in [-0.05, 0) is 25.0 Å². The van der Waals surface area contributed by atoms with E-state index in [1.807, 2.05) is 6.92 Å². The van der Waals surface area contributed by atoms with Crippen molar-refractivity contribution in [3.05, 3.63) is 29.8 Å². The molecule has 0 aliphatic heterocycles. The first-order valence-electron chi connectivity index (χ1n) is 5.50. The van der Waals surface area contributed by atoms with Crippen molar-refractivity contribution in [3.63, 3.8) is 0 Å². The highest BCUT2D eigenvalue weighted by molar-refractivity contribution is 7.87. The molecule has 0 fully saturated rings. The lowest BCUT2D eigenvalue weighted by Gasteiger charge is -2.07. The zero-order chi connectivity index (χ0) is 12.9. The van der Waals surface area contributed by atoms with Crippen molar-refractivity contribution in [3.8, 4) is 0 Å². The number of carbonyl (C=O) groups excluding carboxylic acids is 1. The molecule has 0 N–H and O–H groups in total. The Morgan fingerprint density at radius 1 is 1.29 bits per heavy atom. The Morgan fingerprint density at radius 2 is 1.94 bits per heavy atom. The van der Waals surface area contributed by atoms with Gasteiger partial charge in [0, 0.05) is 6.42 Å². The molecule has 1 aromatic rings. The van der Waals surface area contributed by atoms with E-state index in [-0.39, 0.29) is 11.3 Å². The van der Waals surface area contributed by atoms with Gasteiger partial charge >= 0.3 is 16.1 Å². The number of hydrogen-bond acceptors (Lipinski definition) is 4. The lowest BCUT2D eigenvalue weighted by Crippen LogP contribution is -2.14. The van der Waals surface area contributed by atoms with Crippen LogP contribution in [-0.2, 0) is 19.1 Å². The van der Waals surface area contributed by atoms with E-state index in [0.717, 1.165) is 6.42 Å². The monoisotopic (exact) mass is 256 g/mol. The summed E-state index contributed by atoms with van der Waals surface area (Å²) < 4.78 is 28.1. The van der Waals surface area contributed by atoms with E-state index in [2.05, 4.69) is 4.18 Å². The van der Waals surface area contributed by atoms with Gasteiger partial charge < -0.3 is 4.18 Å². The normalized spacial score (nSPS) is 11.2. The third-order valence-electron chi connectivity index (χ3n) is 2.30. The molecule has 0 unspecified atom stereocenters. The van der Waals surface area contributed by atoms with E-state index in [1.54, 1.807) is 25.1 Å². The van der Waals surface area contributed by atoms with E-state index in [9.17, 15) is 13.2 Å². The summed E-state index contributed by atoms with van der Waals surface area (Å²) in [5.41, 5.74) is 0.566. The molecule has 17 heavy (non-hydrogen) atoms. The average Bonchev–Trinajstić information content (AvgIpc) is 2.26. The molecule has 4 nitrogen and oxygen atoms in total. The molecule has 0 heterocycles. The molecular formula is C12H16O4S. The molecule has 0 radical (unpaired) electrons. The lowest BCUT2D eigenvalue weighted by molar-refractivity contribution is -0.133. The van der Waals surface area contributed by atoms with Gasteiger partial charge in [0.2, 0.25) is 0 Å². The van der Waals surface area contributed by atoms with E-state index >= 15 is 0 Å². The van der Waals surface area contributed by atoms with Gasteiger partial charge in [-0.25, -0.2) is 0 Å². The number of aryl methyl sites for hydroxylation is 1. The summed E-state index contributed by atoms with van der Waals surface area (Å²) in [5.74, 6) is -0.699. The molecule has 5 heteroatoms. The average molecular weight is 256 g/mol. The van der Waals surface area contributed by atoms with Gasteiger partial charge in [-0.1, -0.05) is 31.5 Å². The standard InChI is InChI=1S/C12H16O4S/c1-3-4-9-12(13)16-17(14,15)11-8-6-5-7-10(11)2/h5-8H,3-4,9H2,1-2H3. The minimum atomic E-state index is -3.97. The second kappa shape index (κ2) is 5.82. The van der Waals surface area contributed by atoms with E-state index in [4.69, 9.17) is 0 Å². The largest absolute Gasteiger partial charge is 0.342 e. The number of rotatable bonds is 5. The Labute approximate surface area is 102 Å². The predicted molar refractivity (Wildman–Crippen MR) is 64.0 cm³/mol. The quantitative estimate of drug-likeness (QED) is 0.759. The fourth-order valence-corrected chi connectivity index (χ4v) is 2.49. The van der Waals surface area contributed by atoms with Crippen LogP contribution in [-0.4, -0.2) is 14.4 Å². The van der Waals surface area contributed by atoms with Crippen LogP contribution in [0, 0.1) is 6.92 Å². The molecule has 94 valence electrons. The molecule has 0 aromatic heterocycles. The van der Waals surface area contributed by atoms with Crippen molar-refractivity contribution in [1.82, 2.24) is 0 Å². The minimum absolute atomic E-state index is 0.0462. The molecule has 0 aliphatic carbocycles. The first kappa shape index (κ1) is 13.7. The van der Waals surface area contributed by atoms with Crippen LogP contribution in [0.4, 0.5) is 0 Å². The van der Waals surface area contributed by atoms with Crippen LogP contribution in [0.1, 0.15) is 31.7 Å². The summed E-state index contributed by atoms with van der Waals surface area (Å²) in [5, 5.41) is 0. The lowest BCUT2D eigenvalue weighted by atomic mass is 10.2. The predicted octanol–water partition coefficient (Wildman–Crippen LogP) is 2.42. The van der Waals surface area contributed by atoms with Crippen LogP contribution < -0.4 is 0 Å². The van der Waals surface area contributed by atoms with Crippen molar-refractivity contribution < 1.29 is 17.4 Å². The van der Waals surface area contributed by atoms with Crippen molar-refractivity contribution >= 4 is 16.1 Å². The molecule has 0 spiro atoms. The SMILES string of the molecule is CCCCC(=O)OS(=O)(=O)c1ccccc1C. The smallest absolute Gasteiger partial charge is 0.341 e. The number of unbranched alkanes of at least 4 members (excludes halogenated alkanes) is 1. The maximum Gasteiger partial charge on any atom is 0.341 e. The van der Waals surface area contributed by atoms with Crippen LogP contribution in [0.25, 0.3) is 0 Å². The number of carbonyl (C=O) groups is 1. The summed E-state index contributed by atoms with van der Waals surface area (Å²) in [6.45, 7) is 3.58. The van der Waals surface area contributed by atoms with Gasteiger partial charge in [0.05, 0.1) is 0 Å². The van der Waals surface area contributed by atoms with Crippen LogP contribution >= 0.6 is 0 Å². The zero-order valence-corrected chi connectivity index (χ0v) is 10.8. The second-order valence-electron chi connectivity index (χ2n) is 3.78. The molecule has 0 amide bonds. The molecule has 1 rings (SSSR count). The summed E-state index contributed by atoms with van der Waals surface area (Å²) in [6.07, 6.45) is 1.57. The molecule has 0 saturated heterocycles. The molecule has 0 atom stereocenters. The van der Waals surface area contributed by atoms with E-state index < -0.39 is 16.1 Å². The van der Waals surface area contributed by atoms with Gasteiger partial charge in [0.25, 0.3) is 0 Å². The fourth-order valence-electron chi connectivity index (χ4n) is 1.37. The Balaban J connectivity index is 2.83. The maximum absolute atomic E-state index is 11.8. The van der Waals surface area contributed by atoms with Gasteiger partial charge in [-0.15, -0.1) is 0 Å². The first-order chi connectivity index (χ1) is 7.97. The minimum Gasteiger partial charge on any atom is -0.342 e. The highest BCUT2D eigenvalue weighted by Gasteiger charge is 2.21. The highest BCUT2D eigenvalue weighted by atomic mass is 32.2. The van der Waals surface area contributed by atoms with Crippen LogP contribution in [0.2, 0.25) is 0 Å². The third kappa shape index (κ3) is 3.85. The summed E-state index contributed by atoms with van der Waals surface area (Å²) >= 11 is 0. The van der Waals surface area contributed by atoms with Crippen LogP contribution in [0.15, 0.2) is 29.2 Å². The number of benzene rings is 1. The zero-order valence-electron chi connectivity index (χ0n) is 9.97. The van der Waals surface area contributed by atoms with E-state index in [1.165, 1.54) is 6.07 Å². The van der Waals surface area contributed by atoms with Crippen molar-refractivity contribution in [2.75, 3.05) is 0 Å². The molecule has 0 saturated carbocycles. The van der Waals surface area contributed by atoms with Crippen molar-refractivity contribution in [2.45, 2.75) is 38.0 Å². The van der Waals surface area contributed by atoms with Gasteiger partial charge in [0.15, 0.2) is 0 Å². The fraction of sp³-hybridized carbons (Fsp3) is 0.417. The van der Waals surface area contributed by atoms with Crippen molar-refractivity contribution in [1.29, 1.82) is 0 Å². The van der Waals surface area contributed by atoms with Crippen molar-refractivity contribution in [2.24, 2.45) is 0 Å². The number of hydrogen-bond donors (Lipinski definition) is 0. The summed E-state index contributed by atoms with van der Waals surface area (Å²) in [6, 6.07) is 6.41. The topological polar surface area (TPSA) is 60.4 Å². The summed E-state index contributed by atoms with van der Waals surface area (Å²) in [4.78, 5) is 11.3. The van der Waals surface area contributed by atoms with Gasteiger partial charge in [-0.2, -0.15) is 8.42 Å². The molecular weight excluding hydrogens is 240 g/mol. The second-order valence-corrected chi connectivity index (χ2v) is 5.29.